The fourth-order valence-electron chi connectivity index (χ4n) is 2.85. The van der Waals surface area contributed by atoms with E-state index in [2.05, 4.69) is 41.4 Å². The van der Waals surface area contributed by atoms with Gasteiger partial charge in [-0.15, -0.1) is 0 Å². The van der Waals surface area contributed by atoms with Crippen molar-refractivity contribution in [2.75, 3.05) is 24.6 Å². The molecule has 2 fully saturated rings. The van der Waals surface area contributed by atoms with Crippen LogP contribution in [-0.2, 0) is 11.3 Å². The predicted octanol–water partition coefficient (Wildman–Crippen LogP) is 1.52. The highest BCUT2D eigenvalue weighted by molar-refractivity contribution is 5.54. The van der Waals surface area contributed by atoms with Crippen molar-refractivity contribution in [1.82, 2.24) is 5.32 Å². The molecule has 4 heteroatoms. The Kier molecular flexibility index (Phi) is 4.24. The Morgan fingerprint density at radius 3 is 2.85 bits per heavy atom. The molecule has 0 radical (unpaired) electrons. The lowest BCUT2D eigenvalue weighted by Crippen LogP contribution is -2.48. The first kappa shape index (κ1) is 13.9. The smallest absolute Gasteiger partial charge is 0.0984 e. The minimum atomic E-state index is -0.0804. The zero-order valence-electron chi connectivity index (χ0n) is 12.1. The maximum Gasteiger partial charge on any atom is 0.0984 e. The van der Waals surface area contributed by atoms with Crippen LogP contribution in [0.15, 0.2) is 24.3 Å². The Balaban J connectivity index is 1.73. The zero-order chi connectivity index (χ0) is 13.9. The number of anilines is 1. The Bertz CT molecular complexity index is 448. The first-order chi connectivity index (χ1) is 9.76. The molecule has 110 valence electrons. The lowest BCUT2D eigenvalue weighted by Gasteiger charge is -2.38. The van der Waals surface area contributed by atoms with Gasteiger partial charge in [-0.3, -0.25) is 0 Å². The second-order valence-electron chi connectivity index (χ2n) is 5.94. The summed E-state index contributed by atoms with van der Waals surface area (Å²) in [4.78, 5) is 2.35. The summed E-state index contributed by atoms with van der Waals surface area (Å²) in [6.07, 6.45) is 2.70. The highest BCUT2D eigenvalue weighted by Crippen LogP contribution is 2.26. The Morgan fingerprint density at radius 1 is 1.30 bits per heavy atom. The maximum atomic E-state index is 9.36. The van der Waals surface area contributed by atoms with Crippen molar-refractivity contribution in [3.63, 3.8) is 0 Å². The van der Waals surface area contributed by atoms with Gasteiger partial charge in [-0.1, -0.05) is 18.2 Å². The van der Waals surface area contributed by atoms with E-state index in [0.717, 1.165) is 25.7 Å². The van der Waals surface area contributed by atoms with Gasteiger partial charge in [0.05, 0.1) is 18.8 Å². The molecule has 2 aliphatic rings. The standard InChI is InChI=1S/C16H24N2O2/c1-12-9-18(10-15(11-19)20-12)16-5-3-2-4-13(16)8-17-14-6-7-14/h2-5,12,14-15,17,19H,6-11H2,1H3. The molecule has 3 rings (SSSR count). The summed E-state index contributed by atoms with van der Waals surface area (Å²) in [5, 5.41) is 12.9. The quantitative estimate of drug-likeness (QED) is 0.856. The van der Waals surface area contributed by atoms with Crippen LogP contribution in [0.25, 0.3) is 0 Å². The monoisotopic (exact) mass is 276 g/mol. The third-order valence-electron chi connectivity index (χ3n) is 4.02. The van der Waals surface area contributed by atoms with Gasteiger partial charge in [0.25, 0.3) is 0 Å². The Labute approximate surface area is 120 Å². The van der Waals surface area contributed by atoms with Crippen molar-refractivity contribution >= 4 is 5.69 Å². The summed E-state index contributed by atoms with van der Waals surface area (Å²) in [5.41, 5.74) is 2.61. The van der Waals surface area contributed by atoms with Gasteiger partial charge in [0, 0.05) is 31.4 Å². The summed E-state index contributed by atoms with van der Waals surface area (Å²) in [7, 11) is 0. The number of rotatable bonds is 5. The molecule has 4 nitrogen and oxygen atoms in total. The van der Waals surface area contributed by atoms with E-state index < -0.39 is 0 Å². The molecular weight excluding hydrogens is 252 g/mol. The summed E-state index contributed by atoms with van der Waals surface area (Å²) < 4.78 is 5.73. The molecule has 0 aromatic heterocycles. The molecule has 0 spiro atoms. The van der Waals surface area contributed by atoms with E-state index >= 15 is 0 Å². The fraction of sp³-hybridized carbons (Fsp3) is 0.625. The van der Waals surface area contributed by atoms with Crippen LogP contribution < -0.4 is 10.2 Å². The predicted molar refractivity (Wildman–Crippen MR) is 79.9 cm³/mol. The number of morpholine rings is 1. The topological polar surface area (TPSA) is 44.7 Å². The van der Waals surface area contributed by atoms with Gasteiger partial charge in [0.15, 0.2) is 0 Å². The maximum absolute atomic E-state index is 9.36. The number of nitrogens with one attached hydrogen (secondary N) is 1. The molecule has 1 aromatic carbocycles. The third kappa shape index (κ3) is 3.32. The van der Waals surface area contributed by atoms with Crippen LogP contribution in [-0.4, -0.2) is 43.1 Å². The first-order valence-electron chi connectivity index (χ1n) is 7.59. The zero-order valence-corrected chi connectivity index (χ0v) is 12.1. The van der Waals surface area contributed by atoms with E-state index in [0.29, 0.717) is 0 Å². The van der Waals surface area contributed by atoms with Crippen LogP contribution in [0.4, 0.5) is 5.69 Å². The number of ether oxygens (including phenoxy) is 1. The number of nitrogens with zero attached hydrogens (tertiary/aromatic N) is 1. The van der Waals surface area contributed by atoms with Crippen LogP contribution >= 0.6 is 0 Å². The van der Waals surface area contributed by atoms with E-state index in [1.54, 1.807) is 0 Å². The molecule has 1 aliphatic carbocycles. The van der Waals surface area contributed by atoms with Crippen LogP contribution in [0.1, 0.15) is 25.3 Å². The first-order valence-corrected chi connectivity index (χ1v) is 7.59. The van der Waals surface area contributed by atoms with E-state index in [9.17, 15) is 5.11 Å². The van der Waals surface area contributed by atoms with Crippen LogP contribution in [0.3, 0.4) is 0 Å². The van der Waals surface area contributed by atoms with Crippen LogP contribution in [0.5, 0.6) is 0 Å². The molecule has 1 heterocycles. The molecular formula is C16H24N2O2. The van der Waals surface area contributed by atoms with Gasteiger partial charge in [-0.25, -0.2) is 0 Å². The van der Waals surface area contributed by atoms with Crippen molar-refractivity contribution < 1.29 is 9.84 Å². The van der Waals surface area contributed by atoms with Gasteiger partial charge in [0.2, 0.25) is 0 Å². The normalized spacial score (nSPS) is 26.8. The van der Waals surface area contributed by atoms with Gasteiger partial charge >= 0.3 is 0 Å². The lowest BCUT2D eigenvalue weighted by atomic mass is 10.1. The van der Waals surface area contributed by atoms with E-state index in [4.69, 9.17) is 4.74 Å². The van der Waals surface area contributed by atoms with Gasteiger partial charge in [-0.2, -0.15) is 0 Å². The Hall–Kier alpha value is -1.10. The number of aliphatic hydroxyl groups excluding tert-OH is 1. The van der Waals surface area contributed by atoms with Gasteiger partial charge in [0.1, 0.15) is 0 Å². The van der Waals surface area contributed by atoms with E-state index in [1.807, 2.05) is 0 Å². The molecule has 2 N–H and O–H groups in total. The molecule has 1 saturated heterocycles. The van der Waals surface area contributed by atoms with Gasteiger partial charge < -0.3 is 20.1 Å². The van der Waals surface area contributed by atoms with E-state index in [-0.39, 0.29) is 18.8 Å². The summed E-state index contributed by atoms with van der Waals surface area (Å²) in [6, 6.07) is 9.27. The molecule has 2 atom stereocenters. The fourth-order valence-corrected chi connectivity index (χ4v) is 2.85. The SMILES string of the molecule is CC1CN(c2ccccc2CNC2CC2)CC(CO)O1. The van der Waals surface area contributed by atoms with Crippen LogP contribution in [0.2, 0.25) is 0 Å². The highest BCUT2D eigenvalue weighted by Gasteiger charge is 2.26. The van der Waals surface area contributed by atoms with Crippen molar-refractivity contribution in [3.05, 3.63) is 29.8 Å². The van der Waals surface area contributed by atoms with Crippen LogP contribution in [0, 0.1) is 0 Å². The molecule has 2 unspecified atom stereocenters. The van der Waals surface area contributed by atoms with E-state index in [1.165, 1.54) is 24.1 Å². The summed E-state index contributed by atoms with van der Waals surface area (Å²) in [5.74, 6) is 0. The van der Waals surface area contributed by atoms with Crippen molar-refractivity contribution in [3.8, 4) is 0 Å². The average molecular weight is 276 g/mol. The number of hydrogen-bond donors (Lipinski definition) is 2. The third-order valence-corrected chi connectivity index (χ3v) is 4.02. The largest absolute Gasteiger partial charge is 0.394 e. The number of para-hydroxylation sites is 1. The summed E-state index contributed by atoms with van der Waals surface area (Å²) in [6.45, 7) is 4.73. The molecule has 1 saturated carbocycles. The van der Waals surface area contributed by atoms with Crippen molar-refractivity contribution in [2.24, 2.45) is 0 Å². The lowest BCUT2D eigenvalue weighted by molar-refractivity contribution is -0.0421. The number of aliphatic hydroxyl groups is 1. The molecule has 0 bridgehead atoms. The molecule has 1 aromatic rings. The van der Waals surface area contributed by atoms with Crippen molar-refractivity contribution in [1.29, 1.82) is 0 Å². The second kappa shape index (κ2) is 6.12. The Morgan fingerprint density at radius 2 is 2.10 bits per heavy atom. The molecule has 20 heavy (non-hydrogen) atoms. The minimum absolute atomic E-state index is 0.0804. The minimum Gasteiger partial charge on any atom is -0.394 e. The average Bonchev–Trinajstić information content (AvgIpc) is 3.29. The van der Waals surface area contributed by atoms with Crippen molar-refractivity contribution in [2.45, 2.75) is 44.6 Å². The summed E-state index contributed by atoms with van der Waals surface area (Å²) >= 11 is 0. The number of benzene rings is 1. The number of hydrogen-bond acceptors (Lipinski definition) is 4. The van der Waals surface area contributed by atoms with Gasteiger partial charge in [-0.05, 0) is 31.4 Å². The second-order valence-corrected chi connectivity index (χ2v) is 5.94. The highest BCUT2D eigenvalue weighted by atomic mass is 16.5. The molecule has 1 aliphatic heterocycles. The molecule has 0 amide bonds.